The molecular weight excluding hydrogens is 364 g/mol. The number of benzene rings is 2. The molecule has 1 atom stereocenters. The number of anilines is 1. The number of primary amides is 1. The van der Waals surface area contributed by atoms with E-state index in [1.165, 1.54) is 18.2 Å². The number of nitrogens with two attached hydrogens (primary N) is 1. The summed E-state index contributed by atoms with van der Waals surface area (Å²) in [6, 6.07) is 16.0. The molecule has 1 aliphatic carbocycles. The number of hydrogen-bond donors (Lipinski definition) is 2. The average Bonchev–Trinajstić information content (AvgIpc) is 2.73. The first-order valence-corrected chi connectivity index (χ1v) is 9.73. The molecule has 1 unspecified atom stereocenters. The second-order valence-corrected chi connectivity index (χ2v) is 7.25. The van der Waals surface area contributed by atoms with Crippen LogP contribution in [0, 0.1) is 6.92 Å². The molecule has 0 radical (unpaired) electrons. The third-order valence-corrected chi connectivity index (χ3v) is 5.29. The second kappa shape index (κ2) is 7.91. The molecule has 1 heterocycles. The molecule has 2 aromatic carbocycles. The number of carbonyl (C=O) groups is 1. The lowest BCUT2D eigenvalue weighted by atomic mass is 9.88. The van der Waals surface area contributed by atoms with Crippen LogP contribution in [0.5, 0.6) is 5.75 Å². The van der Waals surface area contributed by atoms with Crippen molar-refractivity contribution in [2.24, 2.45) is 5.73 Å². The Labute approximate surface area is 170 Å². The molecular formula is C23H24N4O2. The summed E-state index contributed by atoms with van der Waals surface area (Å²) < 4.78 is 5.33. The summed E-state index contributed by atoms with van der Waals surface area (Å²) in [5, 5.41) is 3.59. The quantitative estimate of drug-likeness (QED) is 0.688. The van der Waals surface area contributed by atoms with Gasteiger partial charge in [0, 0.05) is 11.6 Å². The summed E-state index contributed by atoms with van der Waals surface area (Å²) in [5.41, 5.74) is 10.1. The number of fused-ring (bicyclic) bond motifs is 1. The van der Waals surface area contributed by atoms with E-state index >= 15 is 0 Å². The molecule has 6 heteroatoms. The number of amides is 1. The molecule has 29 heavy (non-hydrogen) atoms. The maximum Gasteiger partial charge on any atom is 0.252 e. The summed E-state index contributed by atoms with van der Waals surface area (Å²) >= 11 is 0. The molecule has 3 N–H and O–H groups in total. The highest BCUT2D eigenvalue weighted by molar-refractivity contribution is 5.96. The molecule has 148 valence electrons. The van der Waals surface area contributed by atoms with Crippen LogP contribution in [-0.4, -0.2) is 23.0 Å². The van der Waals surface area contributed by atoms with Crippen molar-refractivity contribution >= 4 is 11.7 Å². The SMILES string of the molecule is COc1cc(-c2cc(NC3CCCc4ccccc43)nc(C)n2)ccc1C(N)=O. The molecule has 1 aromatic heterocycles. The van der Waals surface area contributed by atoms with E-state index in [0.717, 1.165) is 36.3 Å². The normalized spacial score (nSPS) is 15.4. The number of nitrogens with zero attached hydrogens (tertiary/aromatic N) is 2. The van der Waals surface area contributed by atoms with Crippen LogP contribution in [0.25, 0.3) is 11.3 Å². The number of nitrogens with one attached hydrogen (secondary N) is 1. The number of aromatic nitrogens is 2. The number of carbonyl (C=O) groups excluding carboxylic acids is 1. The van der Waals surface area contributed by atoms with Crippen LogP contribution in [0.1, 0.15) is 46.2 Å². The molecule has 1 amide bonds. The molecule has 3 aromatic rings. The maximum absolute atomic E-state index is 11.6. The number of ether oxygens (including phenoxy) is 1. The van der Waals surface area contributed by atoms with E-state index in [1.807, 2.05) is 19.1 Å². The Morgan fingerprint density at radius 1 is 1.17 bits per heavy atom. The van der Waals surface area contributed by atoms with E-state index in [0.29, 0.717) is 17.1 Å². The Hall–Kier alpha value is -3.41. The minimum absolute atomic E-state index is 0.230. The van der Waals surface area contributed by atoms with E-state index in [9.17, 15) is 4.79 Å². The van der Waals surface area contributed by atoms with Gasteiger partial charge in [-0.2, -0.15) is 0 Å². The number of hydrogen-bond acceptors (Lipinski definition) is 5. The van der Waals surface area contributed by atoms with Gasteiger partial charge < -0.3 is 15.8 Å². The summed E-state index contributed by atoms with van der Waals surface area (Å²) in [7, 11) is 1.52. The van der Waals surface area contributed by atoms with Crippen LogP contribution in [-0.2, 0) is 6.42 Å². The fourth-order valence-corrected chi connectivity index (χ4v) is 3.93. The van der Waals surface area contributed by atoms with Gasteiger partial charge in [0.05, 0.1) is 24.4 Å². The number of rotatable bonds is 5. The second-order valence-electron chi connectivity index (χ2n) is 7.25. The predicted octanol–water partition coefficient (Wildman–Crippen LogP) is 4.05. The number of aryl methyl sites for hydroxylation is 2. The van der Waals surface area contributed by atoms with Gasteiger partial charge in [0.15, 0.2) is 0 Å². The van der Waals surface area contributed by atoms with Crippen molar-refractivity contribution in [3.05, 3.63) is 71.0 Å². The monoisotopic (exact) mass is 388 g/mol. The average molecular weight is 388 g/mol. The lowest BCUT2D eigenvalue weighted by Gasteiger charge is -2.27. The van der Waals surface area contributed by atoms with Crippen molar-refractivity contribution in [2.45, 2.75) is 32.2 Å². The Morgan fingerprint density at radius 2 is 2.00 bits per heavy atom. The fraction of sp³-hybridized carbons (Fsp3) is 0.261. The van der Waals surface area contributed by atoms with Gasteiger partial charge in [-0.05, 0) is 49.4 Å². The molecule has 1 aliphatic rings. The minimum atomic E-state index is -0.523. The summed E-state index contributed by atoms with van der Waals surface area (Å²) in [6.07, 6.45) is 3.34. The van der Waals surface area contributed by atoms with Crippen LogP contribution < -0.4 is 15.8 Å². The van der Waals surface area contributed by atoms with E-state index < -0.39 is 5.91 Å². The van der Waals surface area contributed by atoms with Crippen LogP contribution in [0.2, 0.25) is 0 Å². The van der Waals surface area contributed by atoms with Gasteiger partial charge in [-0.3, -0.25) is 4.79 Å². The summed E-state index contributed by atoms with van der Waals surface area (Å²) in [4.78, 5) is 20.7. The van der Waals surface area contributed by atoms with Crippen molar-refractivity contribution in [1.82, 2.24) is 9.97 Å². The zero-order valence-corrected chi connectivity index (χ0v) is 16.6. The van der Waals surface area contributed by atoms with Gasteiger partial charge in [-0.1, -0.05) is 30.3 Å². The third-order valence-electron chi connectivity index (χ3n) is 5.29. The van der Waals surface area contributed by atoms with E-state index in [1.54, 1.807) is 12.1 Å². The van der Waals surface area contributed by atoms with Crippen molar-refractivity contribution in [3.63, 3.8) is 0 Å². The highest BCUT2D eigenvalue weighted by atomic mass is 16.5. The van der Waals surface area contributed by atoms with Gasteiger partial charge in [-0.25, -0.2) is 9.97 Å². The molecule has 0 spiro atoms. The highest BCUT2D eigenvalue weighted by Crippen LogP contribution is 2.33. The van der Waals surface area contributed by atoms with E-state index in [2.05, 4.69) is 39.6 Å². The van der Waals surface area contributed by atoms with Gasteiger partial charge >= 0.3 is 0 Å². The summed E-state index contributed by atoms with van der Waals surface area (Å²) in [5.74, 6) is 1.37. The van der Waals surface area contributed by atoms with E-state index in [4.69, 9.17) is 10.5 Å². The van der Waals surface area contributed by atoms with Gasteiger partial charge in [0.1, 0.15) is 17.4 Å². The van der Waals surface area contributed by atoms with Crippen LogP contribution in [0.4, 0.5) is 5.82 Å². The van der Waals surface area contributed by atoms with Crippen molar-refractivity contribution in [1.29, 1.82) is 0 Å². The molecule has 4 rings (SSSR count). The number of methoxy groups -OCH3 is 1. The lowest BCUT2D eigenvalue weighted by Crippen LogP contribution is -2.18. The smallest absolute Gasteiger partial charge is 0.252 e. The van der Waals surface area contributed by atoms with Crippen LogP contribution in [0.15, 0.2) is 48.5 Å². The van der Waals surface area contributed by atoms with Gasteiger partial charge in [-0.15, -0.1) is 0 Å². The van der Waals surface area contributed by atoms with Crippen LogP contribution in [0.3, 0.4) is 0 Å². The third kappa shape index (κ3) is 3.92. The molecule has 0 fully saturated rings. The molecule has 6 nitrogen and oxygen atoms in total. The standard InChI is InChI=1S/C23H24N4O2/c1-14-25-20(16-10-11-18(23(24)28)21(12-16)29-2)13-22(26-14)27-19-9-5-7-15-6-3-4-8-17(15)19/h3-4,6,8,10-13,19H,5,7,9H2,1-2H3,(H2,24,28)(H,25,26,27). The highest BCUT2D eigenvalue weighted by Gasteiger charge is 2.20. The summed E-state index contributed by atoms with van der Waals surface area (Å²) in [6.45, 7) is 1.87. The first kappa shape index (κ1) is 18.9. The van der Waals surface area contributed by atoms with Gasteiger partial charge in [0.2, 0.25) is 0 Å². The zero-order chi connectivity index (χ0) is 20.4. The maximum atomic E-state index is 11.6. The molecule has 0 bridgehead atoms. The van der Waals surface area contributed by atoms with Crippen LogP contribution >= 0.6 is 0 Å². The molecule has 0 saturated heterocycles. The van der Waals surface area contributed by atoms with Gasteiger partial charge in [0.25, 0.3) is 5.91 Å². The first-order chi connectivity index (χ1) is 14.0. The first-order valence-electron chi connectivity index (χ1n) is 9.73. The Balaban J connectivity index is 1.67. The minimum Gasteiger partial charge on any atom is -0.496 e. The van der Waals surface area contributed by atoms with Crippen molar-refractivity contribution in [2.75, 3.05) is 12.4 Å². The van der Waals surface area contributed by atoms with Crippen molar-refractivity contribution < 1.29 is 9.53 Å². The Kier molecular flexibility index (Phi) is 5.16. The Bertz CT molecular complexity index is 1060. The molecule has 0 aliphatic heterocycles. The zero-order valence-electron chi connectivity index (χ0n) is 16.6. The Morgan fingerprint density at radius 3 is 2.79 bits per heavy atom. The fourth-order valence-electron chi connectivity index (χ4n) is 3.93. The lowest BCUT2D eigenvalue weighted by molar-refractivity contribution is 0.0997. The molecule has 0 saturated carbocycles. The van der Waals surface area contributed by atoms with E-state index in [-0.39, 0.29) is 6.04 Å². The van der Waals surface area contributed by atoms with Crippen molar-refractivity contribution in [3.8, 4) is 17.0 Å². The predicted molar refractivity (Wildman–Crippen MR) is 113 cm³/mol. The topological polar surface area (TPSA) is 90.1 Å². The largest absolute Gasteiger partial charge is 0.496 e.